The molecule has 1 saturated heterocycles. The highest BCUT2D eigenvalue weighted by Gasteiger charge is 2.33. The molecule has 2 aliphatic heterocycles. The number of ether oxygens (including phenoxy) is 1. The van der Waals surface area contributed by atoms with Gasteiger partial charge in [0.15, 0.2) is 5.82 Å². The summed E-state index contributed by atoms with van der Waals surface area (Å²) >= 11 is 6.49. The third-order valence-electron chi connectivity index (χ3n) is 6.94. The Kier molecular flexibility index (Phi) is 6.46. The normalized spacial score (nSPS) is 22.2. The molecule has 0 spiro atoms. The number of nitrogens with one attached hydrogen (secondary N) is 2. The van der Waals surface area contributed by atoms with Crippen molar-refractivity contribution < 1.29 is 9.84 Å². The maximum absolute atomic E-state index is 12.8. The van der Waals surface area contributed by atoms with Gasteiger partial charge in [0.2, 0.25) is 11.7 Å². The van der Waals surface area contributed by atoms with Crippen LogP contribution in [0.3, 0.4) is 0 Å². The number of anilines is 4. The molecule has 5 rings (SSSR count). The number of aryl methyl sites for hydroxylation is 1. The van der Waals surface area contributed by atoms with E-state index in [-0.39, 0.29) is 23.7 Å². The number of halogens is 1. The third kappa shape index (κ3) is 4.38. The average molecular weight is 499 g/mol. The fourth-order valence-electron chi connectivity index (χ4n) is 5.19. The van der Waals surface area contributed by atoms with Gasteiger partial charge in [-0.15, -0.1) is 0 Å². The first kappa shape index (κ1) is 23.7. The molecule has 0 saturated carbocycles. The smallest absolute Gasteiger partial charge is 0.295 e. The van der Waals surface area contributed by atoms with Crippen molar-refractivity contribution in [3.63, 3.8) is 0 Å². The number of hydrogen-bond acceptors (Lipinski definition) is 8. The van der Waals surface area contributed by atoms with Gasteiger partial charge in [0, 0.05) is 36.7 Å². The quantitative estimate of drug-likeness (QED) is 0.495. The summed E-state index contributed by atoms with van der Waals surface area (Å²) in [5.74, 6) is 1.45. The van der Waals surface area contributed by atoms with E-state index in [0.717, 1.165) is 36.0 Å². The number of piperidine rings is 1. The molecule has 1 aromatic carbocycles. The second-order valence-corrected chi connectivity index (χ2v) is 9.77. The van der Waals surface area contributed by atoms with E-state index >= 15 is 0 Å². The zero-order chi connectivity index (χ0) is 24.7. The fraction of sp³-hybridized carbons (Fsp3) is 0.480. The summed E-state index contributed by atoms with van der Waals surface area (Å²) in [5.41, 5.74) is 2.14. The van der Waals surface area contributed by atoms with E-state index in [9.17, 15) is 9.90 Å². The molecular weight excluding hydrogens is 468 g/mol. The van der Waals surface area contributed by atoms with E-state index in [2.05, 4.69) is 34.4 Å². The summed E-state index contributed by atoms with van der Waals surface area (Å²) in [6.07, 6.45) is 4.38. The summed E-state index contributed by atoms with van der Waals surface area (Å²) < 4.78 is 7.39. The molecule has 0 bridgehead atoms. The lowest BCUT2D eigenvalue weighted by atomic mass is 9.93. The van der Waals surface area contributed by atoms with Crippen LogP contribution < -0.4 is 25.8 Å². The third-order valence-corrected chi connectivity index (χ3v) is 7.22. The number of aromatic nitrogens is 3. The van der Waals surface area contributed by atoms with Crippen LogP contribution in [0.1, 0.15) is 39.5 Å². The average Bonchev–Trinajstić information content (AvgIpc) is 3.10. The molecule has 3 unspecified atom stereocenters. The monoisotopic (exact) mass is 498 g/mol. The standard InChI is InChI=1S/C25H31ClN6O3/c1-4-16-12-17(33)10-14(2)32(16)25-28-13-19(26)23(30-25)29-15-6-7-20-18(11-15)21-22(24(34)31(20)3)35-9-5-8-27-21/h6-7,11,13-14,16-17,27,33H,4-5,8-10,12H2,1-3H3,(H,28,29,30). The Balaban J connectivity index is 1.52. The van der Waals surface area contributed by atoms with E-state index in [0.29, 0.717) is 47.7 Å². The van der Waals surface area contributed by atoms with Gasteiger partial charge >= 0.3 is 0 Å². The summed E-state index contributed by atoms with van der Waals surface area (Å²) in [4.78, 5) is 24.3. The van der Waals surface area contributed by atoms with Gasteiger partial charge < -0.3 is 29.9 Å². The number of pyridine rings is 1. The lowest BCUT2D eigenvalue weighted by Gasteiger charge is -2.42. The molecule has 0 aliphatic carbocycles. The zero-order valence-corrected chi connectivity index (χ0v) is 21.0. The Morgan fingerprint density at radius 3 is 2.97 bits per heavy atom. The van der Waals surface area contributed by atoms with Crippen LogP contribution >= 0.6 is 11.6 Å². The van der Waals surface area contributed by atoms with Crippen LogP contribution in [0.4, 0.5) is 23.1 Å². The maximum atomic E-state index is 12.8. The fourth-order valence-corrected chi connectivity index (χ4v) is 5.33. The van der Waals surface area contributed by atoms with Crippen LogP contribution in [0.2, 0.25) is 5.02 Å². The molecule has 2 aromatic heterocycles. The van der Waals surface area contributed by atoms with Crippen LogP contribution in [0.5, 0.6) is 5.75 Å². The van der Waals surface area contributed by atoms with Crippen molar-refractivity contribution in [2.24, 2.45) is 7.05 Å². The molecule has 3 aromatic rings. The van der Waals surface area contributed by atoms with Crippen molar-refractivity contribution in [1.29, 1.82) is 0 Å². The molecule has 3 atom stereocenters. The SMILES string of the molecule is CCC1CC(O)CC(C)N1c1ncc(Cl)c(Nc2ccc3c(c2)c2c(c(=O)n3C)OCCCN2)n1. The molecule has 1 fully saturated rings. The largest absolute Gasteiger partial charge is 0.486 e. The Morgan fingerprint density at radius 2 is 2.17 bits per heavy atom. The van der Waals surface area contributed by atoms with Gasteiger partial charge in [-0.25, -0.2) is 4.98 Å². The zero-order valence-electron chi connectivity index (χ0n) is 20.2. The molecule has 3 N–H and O–H groups in total. The highest BCUT2D eigenvalue weighted by molar-refractivity contribution is 6.32. The second kappa shape index (κ2) is 9.54. The van der Waals surface area contributed by atoms with E-state index in [4.69, 9.17) is 21.3 Å². The van der Waals surface area contributed by atoms with Gasteiger partial charge in [-0.1, -0.05) is 18.5 Å². The van der Waals surface area contributed by atoms with Crippen molar-refractivity contribution in [3.05, 3.63) is 39.8 Å². The van der Waals surface area contributed by atoms with Crippen molar-refractivity contribution in [2.45, 2.75) is 57.7 Å². The molecule has 0 radical (unpaired) electrons. The highest BCUT2D eigenvalue weighted by atomic mass is 35.5. The Labute approximate surface area is 209 Å². The Bertz CT molecular complexity index is 1310. The lowest BCUT2D eigenvalue weighted by molar-refractivity contribution is 0.111. The lowest BCUT2D eigenvalue weighted by Crippen LogP contribution is -2.50. The number of fused-ring (bicyclic) bond motifs is 3. The van der Waals surface area contributed by atoms with Crippen molar-refractivity contribution in [1.82, 2.24) is 14.5 Å². The van der Waals surface area contributed by atoms with E-state index < -0.39 is 0 Å². The van der Waals surface area contributed by atoms with Crippen LogP contribution in [-0.2, 0) is 7.05 Å². The van der Waals surface area contributed by atoms with Crippen LogP contribution in [0.25, 0.3) is 10.9 Å². The van der Waals surface area contributed by atoms with Gasteiger partial charge in [0.05, 0.1) is 30.1 Å². The van der Waals surface area contributed by atoms with Gasteiger partial charge in [-0.05, 0) is 50.8 Å². The van der Waals surface area contributed by atoms with E-state index in [1.165, 1.54) is 0 Å². The molecule has 9 nitrogen and oxygen atoms in total. The molecule has 0 amide bonds. The first-order chi connectivity index (χ1) is 16.9. The van der Waals surface area contributed by atoms with E-state index in [1.807, 2.05) is 18.2 Å². The number of benzene rings is 1. The predicted octanol–water partition coefficient (Wildman–Crippen LogP) is 4.05. The maximum Gasteiger partial charge on any atom is 0.295 e. The van der Waals surface area contributed by atoms with Crippen molar-refractivity contribution in [3.8, 4) is 5.75 Å². The summed E-state index contributed by atoms with van der Waals surface area (Å²) in [6.45, 7) is 5.43. The number of nitrogens with zero attached hydrogens (tertiary/aromatic N) is 4. The van der Waals surface area contributed by atoms with E-state index in [1.54, 1.807) is 17.8 Å². The number of rotatable bonds is 4. The van der Waals surface area contributed by atoms with Crippen molar-refractivity contribution >= 4 is 45.6 Å². The molecular formula is C25H31ClN6O3. The van der Waals surface area contributed by atoms with Gasteiger partial charge in [0.25, 0.3) is 5.56 Å². The first-order valence-electron chi connectivity index (χ1n) is 12.2. The molecule has 4 heterocycles. The minimum absolute atomic E-state index is 0.112. The predicted molar refractivity (Wildman–Crippen MR) is 139 cm³/mol. The summed E-state index contributed by atoms with van der Waals surface area (Å²) in [7, 11) is 1.75. The highest BCUT2D eigenvalue weighted by Crippen LogP contribution is 2.35. The Morgan fingerprint density at radius 1 is 1.34 bits per heavy atom. The van der Waals surface area contributed by atoms with Crippen LogP contribution in [0.15, 0.2) is 29.2 Å². The second-order valence-electron chi connectivity index (χ2n) is 9.36. The molecule has 2 aliphatic rings. The van der Waals surface area contributed by atoms with Gasteiger partial charge in [-0.2, -0.15) is 4.98 Å². The van der Waals surface area contributed by atoms with Crippen molar-refractivity contribution in [2.75, 3.05) is 28.7 Å². The molecule has 186 valence electrons. The topological polar surface area (TPSA) is 105 Å². The number of aliphatic hydroxyl groups excluding tert-OH is 1. The molecule has 10 heteroatoms. The summed E-state index contributed by atoms with van der Waals surface area (Å²) in [6, 6.07) is 6.05. The first-order valence-corrected chi connectivity index (χ1v) is 12.5. The van der Waals surface area contributed by atoms with Gasteiger partial charge in [-0.3, -0.25) is 4.79 Å². The molecule has 35 heavy (non-hydrogen) atoms. The van der Waals surface area contributed by atoms with Crippen LogP contribution in [0, 0.1) is 0 Å². The Hall–Kier alpha value is -3.04. The number of hydrogen-bond donors (Lipinski definition) is 3. The van der Waals surface area contributed by atoms with Crippen LogP contribution in [-0.4, -0.2) is 51.0 Å². The minimum atomic E-state index is -0.308. The summed E-state index contributed by atoms with van der Waals surface area (Å²) in [5, 5.41) is 18.2. The number of aliphatic hydroxyl groups is 1. The van der Waals surface area contributed by atoms with Gasteiger partial charge in [0.1, 0.15) is 5.02 Å². The minimum Gasteiger partial charge on any atom is -0.486 e.